The lowest BCUT2D eigenvalue weighted by atomic mass is 10.2. The smallest absolute Gasteiger partial charge is 0.257 e. The molecule has 1 N–H and O–H groups in total. The molecule has 1 heterocycles. The third kappa shape index (κ3) is 6.17. The van der Waals surface area contributed by atoms with Crippen molar-refractivity contribution in [1.29, 1.82) is 0 Å². The molecule has 0 fully saturated rings. The van der Waals surface area contributed by atoms with E-state index in [2.05, 4.69) is 10.3 Å². The molecule has 0 spiro atoms. The zero-order valence-electron chi connectivity index (χ0n) is 18.8. The molecule has 3 rings (SSSR count). The highest BCUT2D eigenvalue weighted by Crippen LogP contribution is 2.28. The van der Waals surface area contributed by atoms with E-state index in [-0.39, 0.29) is 41.7 Å². The quantitative estimate of drug-likeness (QED) is 0.402. The van der Waals surface area contributed by atoms with Gasteiger partial charge in [-0.05, 0) is 42.5 Å². The van der Waals surface area contributed by atoms with E-state index in [1.807, 2.05) is 0 Å². The number of aromatic nitrogens is 1. The van der Waals surface area contributed by atoms with E-state index in [0.29, 0.717) is 15.3 Å². The second-order valence-electron chi connectivity index (χ2n) is 7.29. The van der Waals surface area contributed by atoms with Crippen molar-refractivity contribution < 1.29 is 31.1 Å². The summed E-state index contributed by atoms with van der Waals surface area (Å²) in [5.74, 6) is -0.470. The van der Waals surface area contributed by atoms with E-state index in [1.54, 1.807) is 6.07 Å². The standard InChI is InChI=1S/C21H25N3O7S3/c1-30-12-10-24(11-13-31-2)34(28,29)16-6-4-15(5-7-16)20(25)23-21-22-18-9-8-17(33(3,26)27)14-19(18)32-21/h4-9,14H,10-13H2,1-3H3,(H,22,23,25). The van der Waals surface area contributed by atoms with Crippen molar-refractivity contribution in [2.24, 2.45) is 0 Å². The minimum atomic E-state index is -3.80. The van der Waals surface area contributed by atoms with Crippen molar-refractivity contribution in [3.8, 4) is 0 Å². The third-order valence-corrected chi connectivity index (χ3v) is 8.81. The van der Waals surface area contributed by atoms with Crippen molar-refractivity contribution in [2.45, 2.75) is 9.79 Å². The fourth-order valence-corrected chi connectivity index (χ4v) is 6.05. The SMILES string of the molecule is COCCN(CCOC)S(=O)(=O)c1ccc(C(=O)Nc2nc3ccc(S(C)(=O)=O)cc3s2)cc1. The molecule has 10 nitrogen and oxygen atoms in total. The van der Waals surface area contributed by atoms with Crippen LogP contribution in [0.3, 0.4) is 0 Å². The largest absolute Gasteiger partial charge is 0.383 e. The van der Waals surface area contributed by atoms with Crippen LogP contribution in [0.2, 0.25) is 0 Å². The van der Waals surface area contributed by atoms with Crippen LogP contribution in [-0.4, -0.2) is 78.8 Å². The number of methoxy groups -OCH3 is 2. The highest BCUT2D eigenvalue weighted by Gasteiger charge is 2.24. The Kier molecular flexibility index (Phi) is 8.38. The number of anilines is 1. The van der Waals surface area contributed by atoms with Crippen LogP contribution in [0, 0.1) is 0 Å². The molecule has 0 radical (unpaired) electrons. The maximum absolute atomic E-state index is 13.0. The number of fused-ring (bicyclic) bond motifs is 1. The van der Waals surface area contributed by atoms with Crippen LogP contribution in [0.4, 0.5) is 5.13 Å². The lowest BCUT2D eigenvalue weighted by molar-refractivity contribution is 0.102. The van der Waals surface area contributed by atoms with Gasteiger partial charge in [-0.15, -0.1) is 0 Å². The molecule has 0 atom stereocenters. The first-order valence-electron chi connectivity index (χ1n) is 10.1. The number of rotatable bonds is 11. The second-order valence-corrected chi connectivity index (χ2v) is 12.3. The van der Waals surface area contributed by atoms with Gasteiger partial charge in [-0.2, -0.15) is 4.31 Å². The highest BCUT2D eigenvalue weighted by atomic mass is 32.2. The number of hydrogen-bond donors (Lipinski definition) is 1. The normalized spacial score (nSPS) is 12.4. The molecular weight excluding hydrogens is 502 g/mol. The van der Waals surface area contributed by atoms with E-state index in [4.69, 9.17) is 9.47 Å². The Morgan fingerprint density at radius 2 is 1.56 bits per heavy atom. The molecule has 34 heavy (non-hydrogen) atoms. The average molecular weight is 528 g/mol. The molecule has 3 aromatic rings. The number of carbonyl (C=O) groups is 1. The van der Waals surface area contributed by atoms with Gasteiger partial charge in [0.05, 0.1) is 33.2 Å². The summed E-state index contributed by atoms with van der Waals surface area (Å²) >= 11 is 1.14. The summed E-state index contributed by atoms with van der Waals surface area (Å²) in [6.07, 6.45) is 1.12. The summed E-state index contributed by atoms with van der Waals surface area (Å²) in [6.45, 7) is 0.806. The summed E-state index contributed by atoms with van der Waals surface area (Å²) in [6, 6.07) is 10.1. The third-order valence-electron chi connectivity index (χ3n) is 4.85. The maximum atomic E-state index is 13.0. The number of nitrogens with one attached hydrogen (secondary N) is 1. The Morgan fingerprint density at radius 1 is 0.971 bits per heavy atom. The van der Waals surface area contributed by atoms with E-state index >= 15 is 0 Å². The molecule has 0 unspecified atom stereocenters. The predicted octanol–water partition coefficient (Wildman–Crippen LogP) is 2.24. The number of hydrogen-bond acceptors (Lipinski definition) is 9. The van der Waals surface area contributed by atoms with Crippen LogP contribution in [0.25, 0.3) is 10.2 Å². The van der Waals surface area contributed by atoms with Crippen LogP contribution in [0.5, 0.6) is 0 Å². The molecule has 184 valence electrons. The van der Waals surface area contributed by atoms with Gasteiger partial charge in [0.15, 0.2) is 15.0 Å². The molecule has 13 heteroatoms. The highest BCUT2D eigenvalue weighted by molar-refractivity contribution is 7.90. The number of ether oxygens (including phenoxy) is 2. The van der Waals surface area contributed by atoms with E-state index in [9.17, 15) is 21.6 Å². The van der Waals surface area contributed by atoms with Crippen LogP contribution in [0.1, 0.15) is 10.4 Å². The summed E-state index contributed by atoms with van der Waals surface area (Å²) in [5.41, 5.74) is 0.803. The average Bonchev–Trinajstić information content (AvgIpc) is 3.20. The minimum Gasteiger partial charge on any atom is -0.383 e. The van der Waals surface area contributed by atoms with Gasteiger partial charge >= 0.3 is 0 Å². The van der Waals surface area contributed by atoms with Crippen LogP contribution in [0.15, 0.2) is 52.3 Å². The van der Waals surface area contributed by atoms with Gasteiger partial charge in [0.1, 0.15) is 0 Å². The van der Waals surface area contributed by atoms with Crippen molar-refractivity contribution in [3.63, 3.8) is 0 Å². The van der Waals surface area contributed by atoms with Crippen molar-refractivity contribution >= 4 is 52.5 Å². The van der Waals surface area contributed by atoms with Crippen LogP contribution < -0.4 is 5.32 Å². The Bertz CT molecular complexity index is 1360. The predicted molar refractivity (Wildman–Crippen MR) is 130 cm³/mol. The molecule has 1 amide bonds. The first-order valence-corrected chi connectivity index (χ1v) is 14.2. The fourth-order valence-electron chi connectivity index (χ4n) is 3.02. The number of thiazole rings is 1. The van der Waals surface area contributed by atoms with Gasteiger partial charge in [-0.3, -0.25) is 10.1 Å². The summed E-state index contributed by atoms with van der Waals surface area (Å²) in [4.78, 5) is 17.2. The Morgan fingerprint density at radius 3 is 2.12 bits per heavy atom. The first-order chi connectivity index (χ1) is 16.1. The Labute approximate surface area is 202 Å². The van der Waals surface area contributed by atoms with Crippen LogP contribution in [-0.2, 0) is 29.3 Å². The molecule has 2 aromatic carbocycles. The summed E-state index contributed by atoms with van der Waals surface area (Å²) in [7, 11) is -4.18. The van der Waals surface area contributed by atoms with E-state index in [1.165, 1.54) is 54.9 Å². The Balaban J connectivity index is 1.76. The van der Waals surface area contributed by atoms with Crippen molar-refractivity contribution in [2.75, 3.05) is 52.1 Å². The molecule has 1 aromatic heterocycles. The van der Waals surface area contributed by atoms with Gasteiger partial charge in [-0.25, -0.2) is 21.8 Å². The fraction of sp³-hybridized carbons (Fsp3) is 0.333. The maximum Gasteiger partial charge on any atom is 0.257 e. The molecular formula is C21H25N3O7S3. The number of benzene rings is 2. The molecule has 0 saturated carbocycles. The zero-order valence-corrected chi connectivity index (χ0v) is 21.3. The van der Waals surface area contributed by atoms with Gasteiger partial charge in [0.25, 0.3) is 5.91 Å². The lowest BCUT2D eigenvalue weighted by Gasteiger charge is -2.21. The van der Waals surface area contributed by atoms with Gasteiger partial charge in [0.2, 0.25) is 10.0 Å². The van der Waals surface area contributed by atoms with Crippen LogP contribution >= 0.6 is 11.3 Å². The van der Waals surface area contributed by atoms with Crippen molar-refractivity contribution in [1.82, 2.24) is 9.29 Å². The van der Waals surface area contributed by atoms with Gasteiger partial charge < -0.3 is 9.47 Å². The lowest BCUT2D eigenvalue weighted by Crippen LogP contribution is -2.36. The van der Waals surface area contributed by atoms with E-state index in [0.717, 1.165) is 17.6 Å². The Hall–Kier alpha value is -2.42. The summed E-state index contributed by atoms with van der Waals surface area (Å²) < 4.78 is 61.3. The van der Waals surface area contributed by atoms with E-state index < -0.39 is 25.8 Å². The topological polar surface area (TPSA) is 132 Å². The molecule has 0 bridgehead atoms. The van der Waals surface area contributed by atoms with Gasteiger partial charge in [0, 0.05) is 39.1 Å². The number of sulfonamides is 1. The van der Waals surface area contributed by atoms with Crippen molar-refractivity contribution in [3.05, 3.63) is 48.0 Å². The zero-order chi connectivity index (χ0) is 24.9. The van der Waals surface area contributed by atoms with Gasteiger partial charge in [-0.1, -0.05) is 11.3 Å². The number of carbonyl (C=O) groups excluding carboxylic acids is 1. The molecule has 0 aliphatic rings. The summed E-state index contributed by atoms with van der Waals surface area (Å²) in [5, 5.41) is 2.97. The number of amides is 1. The molecule has 0 saturated heterocycles. The second kappa shape index (κ2) is 10.9. The molecule has 0 aliphatic heterocycles. The number of sulfone groups is 1. The first kappa shape index (κ1) is 26.2. The minimum absolute atomic E-state index is 0.0459. The molecule has 0 aliphatic carbocycles. The number of nitrogens with zero attached hydrogens (tertiary/aromatic N) is 2. The monoisotopic (exact) mass is 527 g/mol.